The molecule has 94 valence electrons. The maximum absolute atomic E-state index is 5.46. The van der Waals surface area contributed by atoms with Crippen LogP contribution in [0, 0.1) is 11.8 Å². The molecule has 0 radical (unpaired) electrons. The zero-order valence-electron chi connectivity index (χ0n) is 10.3. The molecule has 4 nitrogen and oxygen atoms in total. The Bertz CT molecular complexity index is 189. The summed E-state index contributed by atoms with van der Waals surface area (Å²) in [6.45, 7) is 8.53. The number of nitrogens with one attached hydrogen (secondary N) is 1. The van der Waals surface area contributed by atoms with E-state index in [0.717, 1.165) is 31.5 Å². The number of rotatable bonds is 7. The van der Waals surface area contributed by atoms with Gasteiger partial charge in [-0.25, -0.2) is 0 Å². The largest absolute Gasteiger partial charge is 0.382 e. The summed E-state index contributed by atoms with van der Waals surface area (Å²) in [7, 11) is 1.71. The van der Waals surface area contributed by atoms with Gasteiger partial charge in [-0.05, 0) is 31.3 Å². The summed E-state index contributed by atoms with van der Waals surface area (Å²) in [5, 5.41) is 3.47. The van der Waals surface area contributed by atoms with E-state index in [0.29, 0.717) is 6.61 Å². The molecular formula is C12H24N2O2. The van der Waals surface area contributed by atoms with Gasteiger partial charge in [0.2, 0.25) is 0 Å². The lowest BCUT2D eigenvalue weighted by Crippen LogP contribution is -2.27. The van der Waals surface area contributed by atoms with Crippen LogP contribution in [0.3, 0.4) is 0 Å². The molecule has 4 heteroatoms. The Hall–Kier alpha value is -0.160. The minimum atomic E-state index is 0.708. The molecule has 0 aromatic rings. The fraction of sp³-hybridized carbons (Fsp3) is 1.00. The van der Waals surface area contributed by atoms with Crippen LogP contribution >= 0.6 is 0 Å². The number of hydrogen-bond acceptors (Lipinski definition) is 4. The minimum absolute atomic E-state index is 0.708. The lowest BCUT2D eigenvalue weighted by atomic mass is 10.0. The fourth-order valence-corrected chi connectivity index (χ4v) is 2.77. The fourth-order valence-electron chi connectivity index (χ4n) is 2.77. The van der Waals surface area contributed by atoms with E-state index in [1.54, 1.807) is 7.11 Å². The zero-order valence-corrected chi connectivity index (χ0v) is 10.3. The van der Waals surface area contributed by atoms with E-state index < -0.39 is 0 Å². The van der Waals surface area contributed by atoms with Crippen LogP contribution in [0.5, 0.6) is 0 Å². The number of hydrogen-bond donors (Lipinski definition) is 1. The molecule has 0 bridgehead atoms. The molecule has 0 unspecified atom stereocenters. The van der Waals surface area contributed by atoms with Gasteiger partial charge in [0.1, 0.15) is 0 Å². The molecule has 2 aliphatic heterocycles. The van der Waals surface area contributed by atoms with Crippen molar-refractivity contribution in [3.05, 3.63) is 0 Å². The average molecular weight is 228 g/mol. The van der Waals surface area contributed by atoms with Crippen LogP contribution in [0.15, 0.2) is 0 Å². The van der Waals surface area contributed by atoms with Crippen molar-refractivity contribution >= 4 is 0 Å². The van der Waals surface area contributed by atoms with Crippen molar-refractivity contribution in [3.8, 4) is 0 Å². The van der Waals surface area contributed by atoms with Gasteiger partial charge in [0.05, 0.1) is 13.2 Å². The second-order valence-electron chi connectivity index (χ2n) is 4.90. The maximum Gasteiger partial charge on any atom is 0.0700 e. The molecule has 0 aromatic carbocycles. The molecule has 2 rings (SSSR count). The van der Waals surface area contributed by atoms with E-state index in [1.165, 1.54) is 32.7 Å². The Morgan fingerprint density at radius 2 is 1.88 bits per heavy atom. The van der Waals surface area contributed by atoms with Gasteiger partial charge in [-0.1, -0.05) is 0 Å². The summed E-state index contributed by atoms with van der Waals surface area (Å²) in [6, 6.07) is 0. The SMILES string of the molecule is COCCOCCCN1C[C@H]2CNC[C@H]2C1. The lowest BCUT2D eigenvalue weighted by molar-refractivity contribution is 0.0659. The Morgan fingerprint density at radius 3 is 2.56 bits per heavy atom. The molecule has 0 amide bonds. The smallest absolute Gasteiger partial charge is 0.0700 e. The van der Waals surface area contributed by atoms with E-state index in [1.807, 2.05) is 0 Å². The minimum Gasteiger partial charge on any atom is -0.382 e. The van der Waals surface area contributed by atoms with E-state index in [-0.39, 0.29) is 0 Å². The quantitative estimate of drug-likeness (QED) is 0.631. The van der Waals surface area contributed by atoms with Crippen molar-refractivity contribution in [3.63, 3.8) is 0 Å². The van der Waals surface area contributed by atoms with Gasteiger partial charge in [-0.2, -0.15) is 0 Å². The van der Waals surface area contributed by atoms with Gasteiger partial charge < -0.3 is 19.7 Å². The monoisotopic (exact) mass is 228 g/mol. The third-order valence-corrected chi connectivity index (χ3v) is 3.66. The molecule has 16 heavy (non-hydrogen) atoms. The van der Waals surface area contributed by atoms with Crippen LogP contribution < -0.4 is 5.32 Å². The van der Waals surface area contributed by atoms with Gasteiger partial charge >= 0.3 is 0 Å². The molecular weight excluding hydrogens is 204 g/mol. The van der Waals surface area contributed by atoms with E-state index in [9.17, 15) is 0 Å². The predicted molar refractivity (Wildman–Crippen MR) is 63.6 cm³/mol. The van der Waals surface area contributed by atoms with Gasteiger partial charge in [0.25, 0.3) is 0 Å². The number of nitrogens with zero attached hydrogens (tertiary/aromatic N) is 1. The van der Waals surface area contributed by atoms with Crippen LogP contribution in [0.2, 0.25) is 0 Å². The van der Waals surface area contributed by atoms with Gasteiger partial charge in [-0.3, -0.25) is 0 Å². The van der Waals surface area contributed by atoms with Crippen LogP contribution in [-0.2, 0) is 9.47 Å². The highest BCUT2D eigenvalue weighted by molar-refractivity contribution is 4.90. The zero-order chi connectivity index (χ0) is 11.2. The van der Waals surface area contributed by atoms with Gasteiger partial charge in [0, 0.05) is 33.4 Å². The van der Waals surface area contributed by atoms with Crippen molar-refractivity contribution in [2.24, 2.45) is 11.8 Å². The second kappa shape index (κ2) is 6.55. The van der Waals surface area contributed by atoms with Gasteiger partial charge in [-0.15, -0.1) is 0 Å². The highest BCUT2D eigenvalue weighted by Gasteiger charge is 2.35. The summed E-state index contributed by atoms with van der Waals surface area (Å²) in [4.78, 5) is 2.59. The molecule has 2 heterocycles. The van der Waals surface area contributed by atoms with E-state index in [4.69, 9.17) is 9.47 Å². The summed E-state index contributed by atoms with van der Waals surface area (Å²) in [5.41, 5.74) is 0. The van der Waals surface area contributed by atoms with Crippen molar-refractivity contribution in [2.75, 3.05) is 59.7 Å². The number of fused-ring (bicyclic) bond motifs is 1. The first-order valence-electron chi connectivity index (χ1n) is 6.40. The van der Waals surface area contributed by atoms with Gasteiger partial charge in [0.15, 0.2) is 0 Å². The molecule has 0 spiro atoms. The van der Waals surface area contributed by atoms with Crippen molar-refractivity contribution in [2.45, 2.75) is 6.42 Å². The molecule has 0 saturated carbocycles. The van der Waals surface area contributed by atoms with Crippen molar-refractivity contribution < 1.29 is 9.47 Å². The Kier molecular flexibility index (Phi) is 5.03. The Morgan fingerprint density at radius 1 is 1.12 bits per heavy atom. The first-order valence-corrected chi connectivity index (χ1v) is 6.40. The molecule has 0 aromatic heterocycles. The van der Waals surface area contributed by atoms with E-state index in [2.05, 4.69) is 10.2 Å². The van der Waals surface area contributed by atoms with Crippen LogP contribution in [0.1, 0.15) is 6.42 Å². The van der Waals surface area contributed by atoms with Crippen LogP contribution in [-0.4, -0.2) is 64.6 Å². The summed E-state index contributed by atoms with van der Waals surface area (Å²) in [5.74, 6) is 1.82. The predicted octanol–water partition coefficient (Wildman–Crippen LogP) is 0.191. The first-order chi connectivity index (χ1) is 7.90. The summed E-state index contributed by atoms with van der Waals surface area (Å²) >= 11 is 0. The lowest BCUT2D eigenvalue weighted by Gasteiger charge is -2.16. The Balaban J connectivity index is 1.48. The number of likely N-dealkylation sites (tertiary alicyclic amines) is 1. The normalized spacial score (nSPS) is 29.8. The molecule has 2 fully saturated rings. The summed E-state index contributed by atoms with van der Waals surface area (Å²) < 4.78 is 10.4. The highest BCUT2D eigenvalue weighted by atomic mass is 16.5. The molecule has 1 N–H and O–H groups in total. The molecule has 2 saturated heterocycles. The third-order valence-electron chi connectivity index (χ3n) is 3.66. The van der Waals surface area contributed by atoms with Crippen LogP contribution in [0.4, 0.5) is 0 Å². The second-order valence-corrected chi connectivity index (χ2v) is 4.90. The topological polar surface area (TPSA) is 33.7 Å². The number of methoxy groups -OCH3 is 1. The number of ether oxygens (including phenoxy) is 2. The average Bonchev–Trinajstić information content (AvgIpc) is 2.83. The molecule has 0 aliphatic carbocycles. The highest BCUT2D eigenvalue weighted by Crippen LogP contribution is 2.25. The third kappa shape index (κ3) is 3.42. The molecule has 2 aliphatic rings. The standard InChI is InChI=1S/C12H24N2O2/c1-15-5-6-16-4-2-3-14-9-11-7-13-8-12(11)10-14/h11-13H,2-10H2,1H3/t11-,12+. The van der Waals surface area contributed by atoms with Crippen molar-refractivity contribution in [1.82, 2.24) is 10.2 Å². The van der Waals surface area contributed by atoms with Crippen molar-refractivity contribution in [1.29, 1.82) is 0 Å². The first kappa shape index (κ1) is 12.3. The Labute approximate surface area is 98.3 Å². The van der Waals surface area contributed by atoms with E-state index >= 15 is 0 Å². The van der Waals surface area contributed by atoms with Crippen LogP contribution in [0.25, 0.3) is 0 Å². The summed E-state index contributed by atoms with van der Waals surface area (Å²) in [6.07, 6.45) is 1.15. The molecule has 2 atom stereocenters. The maximum atomic E-state index is 5.46.